The van der Waals surface area contributed by atoms with Crippen LogP contribution in [0.5, 0.6) is 5.75 Å². The van der Waals surface area contributed by atoms with Crippen LogP contribution in [0.1, 0.15) is 51.1 Å². The second-order valence-electron chi connectivity index (χ2n) is 6.76. The lowest BCUT2D eigenvalue weighted by Gasteiger charge is -2.41. The van der Waals surface area contributed by atoms with Crippen LogP contribution in [-0.2, 0) is 6.18 Å². The van der Waals surface area contributed by atoms with Crippen molar-refractivity contribution in [3.05, 3.63) is 23.9 Å². The number of aliphatic hydroxyl groups is 1. The summed E-state index contributed by atoms with van der Waals surface area (Å²) >= 11 is 0. The maximum atomic E-state index is 13.5. The van der Waals surface area contributed by atoms with E-state index in [4.69, 9.17) is 4.74 Å². The van der Waals surface area contributed by atoms with E-state index in [1.165, 1.54) is 10.9 Å². The third-order valence-corrected chi connectivity index (χ3v) is 4.43. The summed E-state index contributed by atoms with van der Waals surface area (Å²) in [5.74, 6) is 0.212. The molecule has 0 unspecified atom stereocenters. The van der Waals surface area contributed by atoms with E-state index in [0.29, 0.717) is 24.8 Å². The van der Waals surface area contributed by atoms with Gasteiger partial charge in [0.15, 0.2) is 0 Å². The van der Waals surface area contributed by atoms with E-state index in [2.05, 4.69) is 5.10 Å². The summed E-state index contributed by atoms with van der Waals surface area (Å²) in [6.45, 7) is 4.06. The van der Waals surface area contributed by atoms with Crippen LogP contribution in [0.25, 0.3) is 10.9 Å². The topological polar surface area (TPSA) is 47.3 Å². The Morgan fingerprint density at radius 1 is 1.38 bits per heavy atom. The van der Waals surface area contributed by atoms with Crippen molar-refractivity contribution in [3.8, 4) is 5.75 Å². The van der Waals surface area contributed by atoms with Gasteiger partial charge < -0.3 is 9.84 Å². The van der Waals surface area contributed by atoms with Gasteiger partial charge in [-0.1, -0.05) is 13.3 Å². The predicted molar refractivity (Wildman–Crippen MR) is 84.0 cm³/mol. The van der Waals surface area contributed by atoms with Crippen molar-refractivity contribution in [3.63, 3.8) is 0 Å². The Morgan fingerprint density at radius 2 is 2.08 bits per heavy atom. The molecule has 24 heavy (non-hydrogen) atoms. The molecule has 1 fully saturated rings. The zero-order chi connectivity index (χ0) is 17.5. The smallest absolute Gasteiger partial charge is 0.418 e. The molecule has 0 atom stereocenters. The molecule has 1 N–H and O–H groups in total. The van der Waals surface area contributed by atoms with Gasteiger partial charge in [-0.2, -0.15) is 18.3 Å². The molecule has 3 rings (SSSR count). The van der Waals surface area contributed by atoms with Crippen LogP contribution in [0.15, 0.2) is 18.3 Å². The zero-order valence-corrected chi connectivity index (χ0v) is 13.7. The second-order valence-corrected chi connectivity index (χ2v) is 6.76. The maximum Gasteiger partial charge on any atom is 0.418 e. The fourth-order valence-corrected chi connectivity index (χ4v) is 3.20. The Balaban J connectivity index is 2.01. The molecule has 1 aliphatic rings. The van der Waals surface area contributed by atoms with E-state index in [1.807, 2.05) is 6.92 Å². The number of nitrogens with zero attached hydrogens (tertiary/aromatic N) is 2. The molecule has 2 aromatic rings. The lowest BCUT2D eigenvalue weighted by Crippen LogP contribution is -2.42. The highest BCUT2D eigenvalue weighted by atomic mass is 19.4. The highest BCUT2D eigenvalue weighted by Gasteiger charge is 2.42. The van der Waals surface area contributed by atoms with Crippen LogP contribution in [-0.4, -0.2) is 27.1 Å². The summed E-state index contributed by atoms with van der Waals surface area (Å²) in [6.07, 6.45) is -0.563. The van der Waals surface area contributed by atoms with Crippen molar-refractivity contribution in [1.29, 1.82) is 0 Å². The second kappa shape index (κ2) is 5.95. The van der Waals surface area contributed by atoms with Crippen molar-refractivity contribution in [2.24, 2.45) is 0 Å². The fourth-order valence-electron chi connectivity index (χ4n) is 3.20. The highest BCUT2D eigenvalue weighted by molar-refractivity contribution is 5.84. The van der Waals surface area contributed by atoms with Crippen molar-refractivity contribution in [2.75, 3.05) is 6.61 Å². The number of benzene rings is 1. The number of rotatable bonds is 5. The number of hydrogen-bond acceptors (Lipinski definition) is 3. The first kappa shape index (κ1) is 17.1. The van der Waals surface area contributed by atoms with Gasteiger partial charge in [-0.3, -0.25) is 4.68 Å². The highest BCUT2D eigenvalue weighted by Crippen LogP contribution is 2.44. The SMILES string of the molecule is CCCCOc1cc(C(F)(F)F)c2c(cnn2C2CC(C)(O)C2)c1. The van der Waals surface area contributed by atoms with E-state index < -0.39 is 17.3 Å². The molecule has 0 radical (unpaired) electrons. The number of alkyl halides is 3. The molecule has 7 heteroatoms. The van der Waals surface area contributed by atoms with E-state index in [1.54, 1.807) is 13.0 Å². The normalized spacial score (nSPS) is 24.2. The molecular weight excluding hydrogens is 321 g/mol. The first-order chi connectivity index (χ1) is 11.2. The average molecular weight is 342 g/mol. The molecule has 1 aromatic heterocycles. The Morgan fingerprint density at radius 3 is 2.67 bits per heavy atom. The van der Waals surface area contributed by atoms with Crippen LogP contribution in [0.3, 0.4) is 0 Å². The van der Waals surface area contributed by atoms with Crippen molar-refractivity contribution >= 4 is 10.9 Å². The third-order valence-electron chi connectivity index (χ3n) is 4.43. The largest absolute Gasteiger partial charge is 0.494 e. The van der Waals surface area contributed by atoms with Gasteiger partial charge in [-0.15, -0.1) is 0 Å². The van der Waals surface area contributed by atoms with Crippen molar-refractivity contribution in [2.45, 2.75) is 57.3 Å². The maximum absolute atomic E-state index is 13.5. The van der Waals surface area contributed by atoms with Gasteiger partial charge in [-0.25, -0.2) is 0 Å². The summed E-state index contributed by atoms with van der Waals surface area (Å²) in [5, 5.41) is 14.4. The molecule has 1 saturated carbocycles. The summed E-state index contributed by atoms with van der Waals surface area (Å²) in [6, 6.07) is 2.43. The minimum absolute atomic E-state index is 0.0610. The first-order valence-corrected chi connectivity index (χ1v) is 8.15. The molecular formula is C17H21F3N2O2. The minimum Gasteiger partial charge on any atom is -0.494 e. The van der Waals surface area contributed by atoms with Gasteiger partial charge >= 0.3 is 6.18 Å². The van der Waals surface area contributed by atoms with E-state index in [0.717, 1.165) is 18.9 Å². The number of hydrogen-bond donors (Lipinski definition) is 1. The molecule has 1 heterocycles. The van der Waals surface area contributed by atoms with Gasteiger partial charge in [-0.05, 0) is 38.3 Å². The Labute approximate surface area is 138 Å². The van der Waals surface area contributed by atoms with Crippen LogP contribution < -0.4 is 4.74 Å². The van der Waals surface area contributed by atoms with E-state index >= 15 is 0 Å². The van der Waals surface area contributed by atoms with Crippen LogP contribution in [0.2, 0.25) is 0 Å². The standard InChI is InChI=1S/C17H21F3N2O2/c1-3-4-5-24-13-6-11-10-21-22(12-8-16(2,23)9-12)15(11)14(7-13)17(18,19)20/h6-7,10,12,23H,3-5,8-9H2,1-2H3. The monoisotopic (exact) mass is 342 g/mol. The van der Waals surface area contributed by atoms with Gasteiger partial charge in [0, 0.05) is 5.39 Å². The molecule has 4 nitrogen and oxygen atoms in total. The van der Waals surface area contributed by atoms with Gasteiger partial charge in [0.1, 0.15) is 5.75 Å². The molecule has 0 spiro atoms. The van der Waals surface area contributed by atoms with Crippen molar-refractivity contribution < 1.29 is 23.0 Å². The lowest BCUT2D eigenvalue weighted by atomic mass is 9.77. The minimum atomic E-state index is -4.49. The Kier molecular flexibility index (Phi) is 4.23. The quantitative estimate of drug-likeness (QED) is 0.823. The summed E-state index contributed by atoms with van der Waals surface area (Å²) in [5.41, 5.74) is -1.51. The number of fused-ring (bicyclic) bond motifs is 1. The summed E-state index contributed by atoms with van der Waals surface area (Å²) in [7, 11) is 0. The first-order valence-electron chi connectivity index (χ1n) is 8.15. The molecule has 1 aliphatic carbocycles. The number of unbranched alkanes of at least 4 members (excludes halogenated alkanes) is 1. The van der Waals surface area contributed by atoms with Gasteiger partial charge in [0.05, 0.1) is 35.5 Å². The van der Waals surface area contributed by atoms with Crippen molar-refractivity contribution in [1.82, 2.24) is 9.78 Å². The number of aromatic nitrogens is 2. The number of halogens is 3. The van der Waals surface area contributed by atoms with Crippen LogP contribution in [0.4, 0.5) is 13.2 Å². The van der Waals surface area contributed by atoms with Gasteiger partial charge in [0.2, 0.25) is 0 Å². The van der Waals surface area contributed by atoms with E-state index in [9.17, 15) is 18.3 Å². The predicted octanol–water partition coefficient (Wildman–Crippen LogP) is 4.32. The zero-order valence-electron chi connectivity index (χ0n) is 13.7. The Bertz CT molecular complexity index is 729. The third kappa shape index (κ3) is 3.22. The summed E-state index contributed by atoms with van der Waals surface area (Å²) in [4.78, 5) is 0. The molecule has 0 amide bonds. The number of ether oxygens (including phenoxy) is 1. The molecule has 1 aromatic carbocycles. The molecule has 0 aliphatic heterocycles. The lowest BCUT2D eigenvalue weighted by molar-refractivity contribution is -0.136. The van der Waals surface area contributed by atoms with Crippen LogP contribution >= 0.6 is 0 Å². The summed E-state index contributed by atoms with van der Waals surface area (Å²) < 4.78 is 47.5. The van der Waals surface area contributed by atoms with E-state index in [-0.39, 0.29) is 17.3 Å². The Hall–Kier alpha value is -1.76. The molecule has 0 bridgehead atoms. The fraction of sp³-hybridized carbons (Fsp3) is 0.588. The molecule has 132 valence electrons. The average Bonchev–Trinajstić information content (AvgIpc) is 2.86. The molecule has 0 saturated heterocycles. The van der Waals surface area contributed by atoms with Gasteiger partial charge in [0.25, 0.3) is 0 Å². The van der Waals surface area contributed by atoms with Crippen LogP contribution in [0, 0.1) is 0 Å².